The third-order valence-corrected chi connectivity index (χ3v) is 6.45. The maximum atomic E-state index is 12.7. The summed E-state index contributed by atoms with van der Waals surface area (Å²) in [4.78, 5) is 12.8. The van der Waals surface area contributed by atoms with Gasteiger partial charge in [0.15, 0.2) is 0 Å². The molecule has 1 amide bonds. The van der Waals surface area contributed by atoms with E-state index in [9.17, 15) is 13.2 Å². The molecule has 0 saturated heterocycles. The number of hydrogen-bond acceptors (Lipinski definition) is 5. The first-order chi connectivity index (χ1) is 16.5. The third-order valence-electron chi connectivity index (χ3n) is 5.04. The number of carbonyl (C=O) groups excluding carboxylic acids is 1. The molecule has 1 aromatic heterocycles. The number of nitrogens with one attached hydrogen (secondary N) is 2. The lowest BCUT2D eigenvalue weighted by Gasteiger charge is -2.10. The van der Waals surface area contributed by atoms with Gasteiger partial charge in [0.25, 0.3) is 5.91 Å². The molecule has 174 valence electrons. The van der Waals surface area contributed by atoms with Crippen LogP contribution in [0.1, 0.15) is 21.7 Å². The van der Waals surface area contributed by atoms with Crippen molar-refractivity contribution in [3.8, 4) is 5.75 Å². The van der Waals surface area contributed by atoms with E-state index in [1.54, 1.807) is 48.5 Å². The highest BCUT2D eigenvalue weighted by Gasteiger charge is 2.15. The summed E-state index contributed by atoms with van der Waals surface area (Å²) in [6.45, 7) is 0.552. The first-order valence-electron chi connectivity index (χ1n) is 10.7. The zero-order valence-corrected chi connectivity index (χ0v) is 19.1. The number of rotatable bonds is 10. The second-order valence-corrected chi connectivity index (χ2v) is 9.26. The van der Waals surface area contributed by atoms with Crippen molar-refractivity contribution in [2.45, 2.75) is 17.9 Å². The first-order valence-corrected chi connectivity index (χ1v) is 12.2. The fourth-order valence-corrected chi connectivity index (χ4v) is 4.24. The second kappa shape index (κ2) is 10.8. The Morgan fingerprint density at radius 2 is 1.68 bits per heavy atom. The van der Waals surface area contributed by atoms with Crippen LogP contribution in [0.25, 0.3) is 0 Å². The Kier molecular flexibility index (Phi) is 7.41. The molecule has 0 aliphatic carbocycles. The van der Waals surface area contributed by atoms with Gasteiger partial charge in [-0.1, -0.05) is 36.4 Å². The Balaban J connectivity index is 1.33. The van der Waals surface area contributed by atoms with Crippen molar-refractivity contribution in [3.05, 3.63) is 114 Å². The summed E-state index contributed by atoms with van der Waals surface area (Å²) in [7, 11) is -3.71. The molecule has 0 spiro atoms. The molecule has 0 bridgehead atoms. The van der Waals surface area contributed by atoms with Gasteiger partial charge in [0.05, 0.1) is 24.3 Å². The van der Waals surface area contributed by atoms with Gasteiger partial charge >= 0.3 is 0 Å². The molecule has 0 fully saturated rings. The standard InChI is InChI=1S/C26H24N2O5S/c29-26(21-8-4-9-23(18-21)33-17-15-20-6-2-1-3-7-20)28-22-11-13-25(14-12-22)34(30,31)27-19-24-10-5-16-32-24/h1-14,16,18,27H,15,17,19H2,(H,28,29). The molecule has 8 heteroatoms. The average Bonchev–Trinajstić information content (AvgIpc) is 3.38. The van der Waals surface area contributed by atoms with E-state index in [0.29, 0.717) is 29.4 Å². The number of amides is 1. The molecule has 0 radical (unpaired) electrons. The van der Waals surface area contributed by atoms with Gasteiger partial charge in [-0.25, -0.2) is 13.1 Å². The number of hydrogen-bond donors (Lipinski definition) is 2. The van der Waals surface area contributed by atoms with Crippen molar-refractivity contribution in [1.29, 1.82) is 0 Å². The number of anilines is 1. The van der Waals surface area contributed by atoms with Crippen LogP contribution in [0.15, 0.2) is 107 Å². The van der Waals surface area contributed by atoms with E-state index in [2.05, 4.69) is 10.0 Å². The normalized spacial score (nSPS) is 11.2. The quantitative estimate of drug-likeness (QED) is 0.348. The summed E-state index contributed by atoms with van der Waals surface area (Å²) in [5, 5.41) is 2.78. The van der Waals surface area contributed by atoms with Crippen molar-refractivity contribution in [1.82, 2.24) is 4.72 Å². The molecule has 34 heavy (non-hydrogen) atoms. The lowest BCUT2D eigenvalue weighted by atomic mass is 10.1. The van der Waals surface area contributed by atoms with Crippen LogP contribution in [0.4, 0.5) is 5.69 Å². The number of carbonyl (C=O) groups is 1. The zero-order chi connectivity index (χ0) is 23.8. The van der Waals surface area contributed by atoms with Gasteiger partial charge in [-0.15, -0.1) is 0 Å². The lowest BCUT2D eigenvalue weighted by Crippen LogP contribution is -2.23. The highest BCUT2D eigenvalue weighted by molar-refractivity contribution is 7.89. The number of benzene rings is 3. The van der Waals surface area contributed by atoms with Crippen LogP contribution in [-0.2, 0) is 23.0 Å². The number of sulfonamides is 1. The lowest BCUT2D eigenvalue weighted by molar-refractivity contribution is 0.102. The Labute approximate surface area is 198 Å². The van der Waals surface area contributed by atoms with E-state index in [-0.39, 0.29) is 17.3 Å². The molecular weight excluding hydrogens is 452 g/mol. The van der Waals surface area contributed by atoms with Crippen molar-refractivity contribution in [3.63, 3.8) is 0 Å². The monoisotopic (exact) mass is 476 g/mol. The van der Waals surface area contributed by atoms with Crippen molar-refractivity contribution in [2.24, 2.45) is 0 Å². The van der Waals surface area contributed by atoms with Gasteiger partial charge in [0.1, 0.15) is 11.5 Å². The summed E-state index contributed by atoms with van der Waals surface area (Å²) in [5.41, 5.74) is 2.09. The minimum atomic E-state index is -3.71. The molecule has 4 rings (SSSR count). The highest BCUT2D eigenvalue weighted by atomic mass is 32.2. The summed E-state index contributed by atoms with van der Waals surface area (Å²) in [6.07, 6.45) is 2.25. The van der Waals surface area contributed by atoms with E-state index >= 15 is 0 Å². The number of ether oxygens (including phenoxy) is 1. The van der Waals surface area contributed by atoms with Gasteiger partial charge in [0.2, 0.25) is 10.0 Å². The Morgan fingerprint density at radius 3 is 2.41 bits per heavy atom. The number of furan rings is 1. The van der Waals surface area contributed by atoms with Crippen LogP contribution in [0.5, 0.6) is 5.75 Å². The minimum Gasteiger partial charge on any atom is -0.493 e. The van der Waals surface area contributed by atoms with Crippen LogP contribution in [0.3, 0.4) is 0 Å². The van der Waals surface area contributed by atoms with E-state index in [0.717, 1.165) is 6.42 Å². The van der Waals surface area contributed by atoms with Crippen molar-refractivity contribution >= 4 is 21.6 Å². The first kappa shape index (κ1) is 23.3. The molecule has 7 nitrogen and oxygen atoms in total. The minimum absolute atomic E-state index is 0.0532. The third kappa shape index (κ3) is 6.34. The molecule has 0 saturated carbocycles. The van der Waals surface area contributed by atoms with E-state index < -0.39 is 10.0 Å². The predicted octanol–water partition coefficient (Wildman–Crippen LogP) is 4.63. The maximum absolute atomic E-state index is 12.7. The summed E-state index contributed by atoms with van der Waals surface area (Å²) in [6, 6.07) is 26.3. The molecule has 1 heterocycles. The molecule has 3 aromatic carbocycles. The van der Waals surface area contributed by atoms with Crippen LogP contribution in [-0.4, -0.2) is 20.9 Å². The van der Waals surface area contributed by atoms with Crippen molar-refractivity contribution in [2.75, 3.05) is 11.9 Å². The molecule has 0 unspecified atom stereocenters. The van der Waals surface area contributed by atoms with E-state index in [1.807, 2.05) is 30.3 Å². The molecule has 0 atom stereocenters. The van der Waals surface area contributed by atoms with E-state index in [4.69, 9.17) is 9.15 Å². The topological polar surface area (TPSA) is 97.6 Å². The highest BCUT2D eigenvalue weighted by Crippen LogP contribution is 2.18. The average molecular weight is 477 g/mol. The molecule has 0 aliphatic rings. The molecular formula is C26H24N2O5S. The Morgan fingerprint density at radius 1 is 0.882 bits per heavy atom. The Hall–Kier alpha value is -3.88. The molecule has 0 aliphatic heterocycles. The summed E-state index contributed by atoms with van der Waals surface area (Å²) in [5.74, 6) is 0.798. The van der Waals surface area contributed by atoms with Gasteiger partial charge in [-0.2, -0.15) is 0 Å². The Bertz CT molecular complexity index is 1320. The fourth-order valence-electron chi connectivity index (χ4n) is 3.24. The molecule has 2 N–H and O–H groups in total. The van der Waals surface area contributed by atoms with E-state index in [1.165, 1.54) is 24.0 Å². The van der Waals surface area contributed by atoms with Crippen molar-refractivity contribution < 1.29 is 22.4 Å². The van der Waals surface area contributed by atoms with Crippen LogP contribution >= 0.6 is 0 Å². The van der Waals surface area contributed by atoms with Gasteiger partial charge in [-0.3, -0.25) is 4.79 Å². The fraction of sp³-hybridized carbons (Fsp3) is 0.115. The largest absolute Gasteiger partial charge is 0.493 e. The predicted molar refractivity (Wildman–Crippen MR) is 129 cm³/mol. The summed E-state index contributed by atoms with van der Waals surface area (Å²) >= 11 is 0. The summed E-state index contributed by atoms with van der Waals surface area (Å²) < 4.78 is 38.3. The van der Waals surface area contributed by atoms with Gasteiger partial charge < -0.3 is 14.5 Å². The van der Waals surface area contributed by atoms with Gasteiger partial charge in [-0.05, 0) is 60.2 Å². The maximum Gasteiger partial charge on any atom is 0.255 e. The second-order valence-electron chi connectivity index (χ2n) is 7.49. The molecule has 4 aromatic rings. The van der Waals surface area contributed by atoms with Crippen LogP contribution in [0, 0.1) is 0 Å². The zero-order valence-electron chi connectivity index (χ0n) is 18.3. The van der Waals surface area contributed by atoms with Gasteiger partial charge in [0, 0.05) is 17.7 Å². The SMILES string of the molecule is O=C(Nc1ccc(S(=O)(=O)NCc2ccco2)cc1)c1cccc(OCCc2ccccc2)c1. The van der Waals surface area contributed by atoms with Crippen LogP contribution in [0.2, 0.25) is 0 Å². The van der Waals surface area contributed by atoms with Crippen LogP contribution < -0.4 is 14.8 Å². The smallest absolute Gasteiger partial charge is 0.255 e.